The number of nitrogens with zero attached hydrogens (tertiary/aromatic N) is 2. The summed E-state index contributed by atoms with van der Waals surface area (Å²) in [6.45, 7) is 1.49. The Hall–Kier alpha value is -3.95. The second kappa shape index (κ2) is 13.6. The molecule has 0 aliphatic carbocycles. The SMILES string of the molecule is CNC(=O)C(Cc1ccccc1)N(Cc1ccc(Br)cc1)C(=O)CN(c1cccc(C)c1)S(=O)(=O)c1ccccc1. The summed E-state index contributed by atoms with van der Waals surface area (Å²) in [6.07, 6.45) is 0.263. The van der Waals surface area contributed by atoms with Crippen molar-refractivity contribution in [2.24, 2.45) is 0 Å². The first-order valence-corrected chi connectivity index (χ1v) is 15.4. The maximum absolute atomic E-state index is 14.2. The zero-order chi connectivity index (χ0) is 29.4. The molecule has 0 aromatic heterocycles. The van der Waals surface area contributed by atoms with Crippen LogP contribution in [0.4, 0.5) is 5.69 Å². The fraction of sp³-hybridized carbons (Fsp3) is 0.188. The van der Waals surface area contributed by atoms with Crippen LogP contribution < -0.4 is 9.62 Å². The van der Waals surface area contributed by atoms with Crippen molar-refractivity contribution in [1.82, 2.24) is 10.2 Å². The van der Waals surface area contributed by atoms with Crippen molar-refractivity contribution < 1.29 is 18.0 Å². The molecule has 9 heteroatoms. The van der Waals surface area contributed by atoms with Crippen molar-refractivity contribution in [3.8, 4) is 0 Å². The molecular weight excluding hydrogens is 602 g/mol. The van der Waals surface area contributed by atoms with Crippen molar-refractivity contribution in [2.75, 3.05) is 17.9 Å². The minimum atomic E-state index is -4.11. The summed E-state index contributed by atoms with van der Waals surface area (Å²) in [6, 6.07) is 31.1. The lowest BCUT2D eigenvalue weighted by Crippen LogP contribution is -2.53. The van der Waals surface area contributed by atoms with Crippen molar-refractivity contribution in [3.05, 3.63) is 130 Å². The average Bonchev–Trinajstić information content (AvgIpc) is 2.99. The molecule has 7 nitrogen and oxygen atoms in total. The molecule has 1 atom stereocenters. The molecule has 41 heavy (non-hydrogen) atoms. The number of likely N-dealkylation sites (N-methyl/N-ethyl adjacent to an activating group) is 1. The molecule has 0 fully saturated rings. The van der Waals surface area contributed by atoms with E-state index in [0.717, 1.165) is 25.5 Å². The van der Waals surface area contributed by atoms with Crippen LogP contribution in [0.15, 0.2) is 119 Å². The zero-order valence-corrected chi connectivity index (χ0v) is 25.3. The first-order valence-electron chi connectivity index (χ1n) is 13.1. The van der Waals surface area contributed by atoms with Gasteiger partial charge >= 0.3 is 0 Å². The summed E-state index contributed by atoms with van der Waals surface area (Å²) in [4.78, 5) is 29.1. The van der Waals surface area contributed by atoms with Gasteiger partial charge < -0.3 is 10.2 Å². The number of carbonyl (C=O) groups is 2. The zero-order valence-electron chi connectivity index (χ0n) is 22.9. The van der Waals surface area contributed by atoms with Crippen molar-refractivity contribution in [1.29, 1.82) is 0 Å². The van der Waals surface area contributed by atoms with Crippen LogP contribution in [0.3, 0.4) is 0 Å². The van der Waals surface area contributed by atoms with E-state index in [1.165, 1.54) is 24.1 Å². The predicted molar refractivity (Wildman–Crippen MR) is 165 cm³/mol. The number of rotatable bonds is 11. The van der Waals surface area contributed by atoms with Gasteiger partial charge in [-0.1, -0.05) is 88.7 Å². The lowest BCUT2D eigenvalue weighted by molar-refractivity contribution is -0.139. The lowest BCUT2D eigenvalue weighted by Gasteiger charge is -2.33. The number of sulfonamides is 1. The molecule has 0 aliphatic heterocycles. The van der Waals surface area contributed by atoms with Crippen LogP contribution in [0.25, 0.3) is 0 Å². The number of carbonyl (C=O) groups excluding carboxylic acids is 2. The van der Waals surface area contributed by atoms with Crippen molar-refractivity contribution in [2.45, 2.75) is 30.8 Å². The number of nitrogens with one attached hydrogen (secondary N) is 1. The van der Waals surface area contributed by atoms with Crippen molar-refractivity contribution in [3.63, 3.8) is 0 Å². The topological polar surface area (TPSA) is 86.8 Å². The molecule has 4 rings (SSSR count). The van der Waals surface area contributed by atoms with Gasteiger partial charge in [-0.2, -0.15) is 0 Å². The van der Waals surface area contributed by atoms with Crippen LogP contribution in [-0.4, -0.2) is 44.8 Å². The van der Waals surface area contributed by atoms with E-state index < -0.39 is 28.5 Å². The van der Waals surface area contributed by atoms with Crippen LogP contribution in [0.1, 0.15) is 16.7 Å². The van der Waals surface area contributed by atoms with Crippen LogP contribution in [0, 0.1) is 6.92 Å². The third kappa shape index (κ3) is 7.62. The molecule has 4 aromatic rings. The van der Waals surface area contributed by atoms with E-state index in [1.54, 1.807) is 36.4 Å². The van der Waals surface area contributed by atoms with Crippen LogP contribution in [-0.2, 0) is 32.6 Å². The van der Waals surface area contributed by atoms with E-state index in [9.17, 15) is 18.0 Å². The lowest BCUT2D eigenvalue weighted by atomic mass is 10.0. The molecule has 0 heterocycles. The highest BCUT2D eigenvalue weighted by atomic mass is 79.9. The van der Waals surface area contributed by atoms with Gasteiger partial charge in [-0.05, 0) is 60.0 Å². The van der Waals surface area contributed by atoms with E-state index in [-0.39, 0.29) is 23.8 Å². The molecule has 0 radical (unpaired) electrons. The van der Waals surface area contributed by atoms with Gasteiger partial charge in [0.2, 0.25) is 11.8 Å². The Labute approximate surface area is 250 Å². The first kappa shape index (κ1) is 30.0. The monoisotopic (exact) mass is 633 g/mol. The third-order valence-electron chi connectivity index (χ3n) is 6.68. The Kier molecular flexibility index (Phi) is 9.96. The molecule has 1 N–H and O–H groups in total. The minimum Gasteiger partial charge on any atom is -0.357 e. The number of halogens is 1. The van der Waals surface area contributed by atoms with E-state index in [2.05, 4.69) is 21.2 Å². The maximum Gasteiger partial charge on any atom is 0.264 e. The molecule has 1 unspecified atom stereocenters. The van der Waals surface area contributed by atoms with Gasteiger partial charge in [-0.15, -0.1) is 0 Å². The fourth-order valence-corrected chi connectivity index (χ4v) is 6.23. The number of hydrogen-bond donors (Lipinski definition) is 1. The molecule has 2 amide bonds. The smallest absolute Gasteiger partial charge is 0.264 e. The highest BCUT2D eigenvalue weighted by Crippen LogP contribution is 2.26. The number of benzene rings is 4. The number of hydrogen-bond acceptors (Lipinski definition) is 4. The summed E-state index contributed by atoms with van der Waals surface area (Å²) in [7, 11) is -2.58. The summed E-state index contributed by atoms with van der Waals surface area (Å²) in [5, 5.41) is 2.69. The largest absolute Gasteiger partial charge is 0.357 e. The highest BCUT2D eigenvalue weighted by Gasteiger charge is 2.34. The number of aryl methyl sites for hydroxylation is 1. The van der Waals surface area contributed by atoms with E-state index >= 15 is 0 Å². The maximum atomic E-state index is 14.2. The van der Waals surface area contributed by atoms with E-state index in [4.69, 9.17) is 0 Å². The van der Waals surface area contributed by atoms with Gasteiger partial charge in [0.15, 0.2) is 0 Å². The van der Waals surface area contributed by atoms with E-state index in [0.29, 0.717) is 5.69 Å². The Bertz CT molecular complexity index is 1580. The summed E-state index contributed by atoms with van der Waals surface area (Å²) in [5.74, 6) is -0.842. The second-order valence-corrected chi connectivity index (χ2v) is 12.4. The Morgan fingerprint density at radius 1 is 0.829 bits per heavy atom. The molecule has 0 saturated carbocycles. The van der Waals surface area contributed by atoms with Gasteiger partial charge in [-0.3, -0.25) is 13.9 Å². The standard InChI is InChI=1S/C32H32BrN3O4S/c1-24-10-9-13-28(20-24)36(41(39,40)29-14-7-4-8-15-29)23-31(37)35(22-26-16-18-27(33)19-17-26)30(32(38)34-2)21-25-11-5-3-6-12-25/h3-20,30H,21-23H2,1-2H3,(H,34,38). The van der Waals surface area contributed by atoms with E-state index in [1.807, 2.05) is 67.6 Å². The quantitative estimate of drug-likeness (QED) is 0.242. The molecule has 212 valence electrons. The van der Waals surface area contributed by atoms with Gasteiger partial charge in [0, 0.05) is 24.5 Å². The number of amides is 2. The van der Waals surface area contributed by atoms with Crippen LogP contribution in [0.5, 0.6) is 0 Å². The molecule has 0 saturated heterocycles. The minimum absolute atomic E-state index is 0.0703. The molecular formula is C32H32BrN3O4S. The van der Waals surface area contributed by atoms with Crippen LogP contribution >= 0.6 is 15.9 Å². The summed E-state index contributed by atoms with van der Waals surface area (Å²) in [5.41, 5.74) is 2.89. The Balaban J connectivity index is 1.78. The number of anilines is 1. The van der Waals surface area contributed by atoms with Gasteiger partial charge in [0.25, 0.3) is 10.0 Å². The third-order valence-corrected chi connectivity index (χ3v) is 9.00. The fourth-order valence-electron chi connectivity index (χ4n) is 4.54. The average molecular weight is 635 g/mol. The van der Waals surface area contributed by atoms with Crippen LogP contribution in [0.2, 0.25) is 0 Å². The Morgan fingerprint density at radius 3 is 2.07 bits per heavy atom. The Morgan fingerprint density at radius 2 is 1.46 bits per heavy atom. The molecule has 0 spiro atoms. The summed E-state index contributed by atoms with van der Waals surface area (Å²) < 4.78 is 29.8. The predicted octanol–water partition coefficient (Wildman–Crippen LogP) is 5.34. The second-order valence-electron chi connectivity index (χ2n) is 9.63. The van der Waals surface area contributed by atoms with Gasteiger partial charge in [0.05, 0.1) is 10.6 Å². The summed E-state index contributed by atoms with van der Waals surface area (Å²) >= 11 is 3.44. The van der Waals surface area contributed by atoms with Gasteiger partial charge in [0.1, 0.15) is 12.6 Å². The highest BCUT2D eigenvalue weighted by molar-refractivity contribution is 9.10. The molecule has 0 aliphatic rings. The van der Waals surface area contributed by atoms with Crippen molar-refractivity contribution >= 4 is 43.5 Å². The normalized spacial score (nSPS) is 11.9. The molecule has 4 aromatic carbocycles. The first-order chi connectivity index (χ1) is 19.7. The molecule has 0 bridgehead atoms. The van der Waals surface area contributed by atoms with Gasteiger partial charge in [-0.25, -0.2) is 8.42 Å².